The molecule has 1 aromatic rings. The predicted molar refractivity (Wildman–Crippen MR) is 89.8 cm³/mol. The van der Waals surface area contributed by atoms with Gasteiger partial charge in [-0.05, 0) is 18.6 Å². The Morgan fingerprint density at radius 3 is 2.05 bits per heavy atom. The first-order chi connectivity index (χ1) is 9.63. The Labute approximate surface area is 125 Å². The monoisotopic (exact) mass is 291 g/mol. The fraction of sp³-hybridized carbons (Fsp3) is 0.588. The molecule has 1 aromatic carbocycles. The molecule has 112 valence electrons. The van der Waals surface area contributed by atoms with E-state index in [2.05, 4.69) is 33.0 Å². The highest BCUT2D eigenvalue weighted by molar-refractivity contribution is 6.81. The van der Waals surface area contributed by atoms with Crippen molar-refractivity contribution in [3.05, 3.63) is 35.9 Å². The zero-order valence-corrected chi connectivity index (χ0v) is 14.4. The minimum absolute atomic E-state index is 0.0938. The molecular weight excluding hydrogens is 262 g/mol. The lowest BCUT2D eigenvalue weighted by Gasteiger charge is -2.37. The Kier molecular flexibility index (Phi) is 7.00. The van der Waals surface area contributed by atoms with Gasteiger partial charge in [-0.15, -0.1) is 0 Å². The van der Waals surface area contributed by atoms with E-state index < -0.39 is 8.07 Å². The first-order valence-corrected chi connectivity index (χ1v) is 10.7. The first kappa shape index (κ1) is 17.0. The van der Waals surface area contributed by atoms with E-state index in [9.17, 15) is 4.79 Å². The third-order valence-electron chi connectivity index (χ3n) is 4.77. The Morgan fingerprint density at radius 1 is 1.05 bits per heavy atom. The van der Waals surface area contributed by atoms with Gasteiger partial charge in [-0.1, -0.05) is 70.4 Å². The standard InChI is InChI=1S/C17H29NOSi/c1-5-12-16(20(6-2,7-3)8-4)18-17(19)15-13-10-9-11-14-15/h9-11,13-14,16H,5-8,12H2,1-4H3,(H,18,19). The molecule has 0 saturated heterocycles. The van der Waals surface area contributed by atoms with Gasteiger partial charge in [-0.3, -0.25) is 4.79 Å². The van der Waals surface area contributed by atoms with E-state index in [1.807, 2.05) is 30.3 Å². The Hall–Kier alpha value is -1.09. The maximum absolute atomic E-state index is 12.4. The first-order valence-electron chi connectivity index (χ1n) is 7.99. The van der Waals surface area contributed by atoms with Crippen LogP contribution in [0.3, 0.4) is 0 Å². The lowest BCUT2D eigenvalue weighted by Crippen LogP contribution is -2.55. The fourth-order valence-electron chi connectivity index (χ4n) is 3.14. The van der Waals surface area contributed by atoms with Gasteiger partial charge >= 0.3 is 0 Å². The Morgan fingerprint density at radius 2 is 1.60 bits per heavy atom. The second kappa shape index (κ2) is 8.25. The summed E-state index contributed by atoms with van der Waals surface area (Å²) in [5.74, 6) is 0.0938. The SMILES string of the molecule is CCCC(NC(=O)c1ccccc1)[Si](CC)(CC)CC. The van der Waals surface area contributed by atoms with Crippen LogP contribution < -0.4 is 5.32 Å². The average molecular weight is 292 g/mol. The van der Waals surface area contributed by atoms with Crippen LogP contribution in [0, 0.1) is 0 Å². The highest BCUT2D eigenvalue weighted by Gasteiger charge is 2.36. The summed E-state index contributed by atoms with van der Waals surface area (Å²) < 4.78 is 0. The number of hydrogen-bond donors (Lipinski definition) is 1. The molecule has 1 rings (SSSR count). The van der Waals surface area contributed by atoms with E-state index in [-0.39, 0.29) is 5.91 Å². The number of carbonyl (C=O) groups is 1. The summed E-state index contributed by atoms with van der Waals surface area (Å²) in [5, 5.41) is 3.35. The Bertz CT molecular complexity index is 392. The highest BCUT2D eigenvalue weighted by atomic mass is 28.3. The molecule has 1 atom stereocenters. The minimum Gasteiger partial charge on any atom is -0.352 e. The fourth-order valence-corrected chi connectivity index (χ4v) is 7.46. The summed E-state index contributed by atoms with van der Waals surface area (Å²) in [6, 6.07) is 13.3. The highest BCUT2D eigenvalue weighted by Crippen LogP contribution is 2.27. The quantitative estimate of drug-likeness (QED) is 0.695. The minimum atomic E-state index is -1.40. The van der Waals surface area contributed by atoms with Crippen molar-refractivity contribution in [3.63, 3.8) is 0 Å². The topological polar surface area (TPSA) is 29.1 Å². The van der Waals surface area contributed by atoms with Gasteiger partial charge in [0.2, 0.25) is 0 Å². The van der Waals surface area contributed by atoms with E-state index in [1.165, 1.54) is 18.1 Å². The molecule has 2 nitrogen and oxygen atoms in total. The number of amides is 1. The molecule has 1 N–H and O–H groups in total. The summed E-state index contributed by atoms with van der Waals surface area (Å²) >= 11 is 0. The molecule has 0 bridgehead atoms. The van der Waals surface area contributed by atoms with E-state index in [0.29, 0.717) is 5.67 Å². The van der Waals surface area contributed by atoms with Gasteiger partial charge in [-0.2, -0.15) is 0 Å². The zero-order chi connectivity index (χ0) is 15.0. The maximum Gasteiger partial charge on any atom is 0.251 e. The van der Waals surface area contributed by atoms with Crippen LogP contribution in [-0.2, 0) is 0 Å². The lowest BCUT2D eigenvalue weighted by atomic mass is 10.2. The van der Waals surface area contributed by atoms with E-state index in [1.54, 1.807) is 0 Å². The second-order valence-corrected chi connectivity index (χ2v) is 11.1. The molecule has 0 aliphatic carbocycles. The summed E-state index contributed by atoms with van der Waals surface area (Å²) in [7, 11) is -1.40. The third-order valence-corrected chi connectivity index (χ3v) is 10.9. The van der Waals surface area contributed by atoms with Crippen molar-refractivity contribution in [3.8, 4) is 0 Å². The van der Waals surface area contributed by atoms with Gasteiger partial charge < -0.3 is 5.32 Å². The maximum atomic E-state index is 12.4. The van der Waals surface area contributed by atoms with Gasteiger partial charge in [-0.25, -0.2) is 0 Å². The van der Waals surface area contributed by atoms with Crippen molar-refractivity contribution in [2.45, 2.75) is 64.3 Å². The summed E-state index contributed by atoms with van der Waals surface area (Å²) in [4.78, 5) is 12.4. The number of carbonyl (C=O) groups excluding carboxylic acids is 1. The largest absolute Gasteiger partial charge is 0.352 e. The molecular formula is C17H29NOSi. The van der Waals surface area contributed by atoms with Gasteiger partial charge in [0.05, 0.1) is 8.07 Å². The molecule has 0 spiro atoms. The normalized spacial score (nSPS) is 13.0. The van der Waals surface area contributed by atoms with E-state index in [4.69, 9.17) is 0 Å². The second-order valence-electron chi connectivity index (χ2n) is 5.60. The summed E-state index contributed by atoms with van der Waals surface area (Å²) in [6.07, 6.45) is 2.24. The van der Waals surface area contributed by atoms with Crippen LogP contribution in [0.2, 0.25) is 18.1 Å². The van der Waals surface area contributed by atoms with Crippen LogP contribution in [0.1, 0.15) is 50.9 Å². The van der Waals surface area contributed by atoms with Crippen molar-refractivity contribution in [2.75, 3.05) is 0 Å². The van der Waals surface area contributed by atoms with Crippen molar-refractivity contribution in [1.82, 2.24) is 5.32 Å². The van der Waals surface area contributed by atoms with E-state index >= 15 is 0 Å². The number of rotatable bonds is 8. The zero-order valence-electron chi connectivity index (χ0n) is 13.4. The number of benzene rings is 1. The lowest BCUT2D eigenvalue weighted by molar-refractivity contribution is 0.0945. The molecule has 20 heavy (non-hydrogen) atoms. The summed E-state index contributed by atoms with van der Waals surface area (Å²) in [5.41, 5.74) is 1.18. The van der Waals surface area contributed by atoms with Gasteiger partial charge in [0.15, 0.2) is 0 Å². The molecule has 0 aromatic heterocycles. The van der Waals surface area contributed by atoms with Gasteiger partial charge in [0.25, 0.3) is 5.91 Å². The van der Waals surface area contributed by atoms with E-state index in [0.717, 1.165) is 18.4 Å². The van der Waals surface area contributed by atoms with Crippen molar-refractivity contribution in [1.29, 1.82) is 0 Å². The Balaban J connectivity index is 2.89. The molecule has 0 fully saturated rings. The van der Waals surface area contributed by atoms with Crippen LogP contribution in [0.5, 0.6) is 0 Å². The number of nitrogens with one attached hydrogen (secondary N) is 1. The molecule has 0 aliphatic rings. The molecule has 0 saturated carbocycles. The van der Waals surface area contributed by atoms with Gasteiger partial charge in [0.1, 0.15) is 0 Å². The smallest absolute Gasteiger partial charge is 0.251 e. The molecule has 1 amide bonds. The van der Waals surface area contributed by atoms with Crippen LogP contribution in [0.25, 0.3) is 0 Å². The van der Waals surface area contributed by atoms with Gasteiger partial charge in [0, 0.05) is 11.2 Å². The van der Waals surface area contributed by atoms with Crippen LogP contribution >= 0.6 is 0 Å². The molecule has 0 heterocycles. The molecule has 3 heteroatoms. The number of hydrogen-bond acceptors (Lipinski definition) is 1. The van der Waals surface area contributed by atoms with Crippen LogP contribution in [0.15, 0.2) is 30.3 Å². The predicted octanol–water partition coefficient (Wildman–Crippen LogP) is 4.63. The van der Waals surface area contributed by atoms with Crippen molar-refractivity contribution in [2.24, 2.45) is 0 Å². The summed E-state index contributed by atoms with van der Waals surface area (Å²) in [6.45, 7) is 9.12. The molecule has 1 unspecified atom stereocenters. The molecule has 0 radical (unpaired) electrons. The third kappa shape index (κ3) is 3.95. The molecule has 0 aliphatic heterocycles. The average Bonchev–Trinajstić information content (AvgIpc) is 2.50. The van der Waals surface area contributed by atoms with Crippen molar-refractivity contribution < 1.29 is 4.79 Å². The van der Waals surface area contributed by atoms with Crippen LogP contribution in [0.4, 0.5) is 0 Å². The van der Waals surface area contributed by atoms with Crippen molar-refractivity contribution >= 4 is 14.0 Å². The van der Waals surface area contributed by atoms with Crippen LogP contribution in [-0.4, -0.2) is 19.6 Å².